The first kappa shape index (κ1) is 16.2. The lowest BCUT2D eigenvalue weighted by molar-refractivity contribution is 0.278. The number of thiocarbonyl (C=S) groups is 1. The zero-order chi connectivity index (χ0) is 15.4. The molecule has 4 heteroatoms. The zero-order valence-corrected chi connectivity index (χ0v) is 14.2. The summed E-state index contributed by atoms with van der Waals surface area (Å²) in [5.74, 6) is 2.54. The maximum Gasteiger partial charge on any atom is 0.136 e. The van der Waals surface area contributed by atoms with E-state index in [4.69, 9.17) is 18.0 Å². The number of nitrogens with one attached hydrogen (secondary N) is 1. The average molecular weight is 305 g/mol. The van der Waals surface area contributed by atoms with Crippen molar-refractivity contribution in [1.29, 1.82) is 0 Å². The third-order valence-corrected chi connectivity index (χ3v) is 4.90. The Morgan fingerprint density at radius 3 is 2.48 bits per heavy atom. The maximum atomic E-state index is 5.86. The van der Waals surface area contributed by atoms with Gasteiger partial charge in [0.2, 0.25) is 0 Å². The summed E-state index contributed by atoms with van der Waals surface area (Å²) < 4.78 is 0. The Hall–Kier alpha value is -1.16. The predicted octanol–water partition coefficient (Wildman–Crippen LogP) is 3.96. The second-order valence-corrected chi connectivity index (χ2v) is 6.78. The molecule has 1 aliphatic carbocycles. The lowest BCUT2D eigenvalue weighted by Gasteiger charge is -2.28. The van der Waals surface area contributed by atoms with Gasteiger partial charge in [0.05, 0.1) is 5.56 Å². The van der Waals surface area contributed by atoms with Gasteiger partial charge < -0.3 is 11.1 Å². The molecule has 21 heavy (non-hydrogen) atoms. The monoisotopic (exact) mass is 305 g/mol. The third kappa shape index (κ3) is 4.16. The normalized spacial score (nSPS) is 22.0. The molecule has 1 saturated carbocycles. The Labute approximate surface area is 133 Å². The number of pyridine rings is 1. The molecule has 1 aromatic heterocycles. The first-order valence-corrected chi connectivity index (χ1v) is 8.44. The smallest absolute Gasteiger partial charge is 0.136 e. The van der Waals surface area contributed by atoms with Crippen molar-refractivity contribution >= 4 is 23.0 Å². The van der Waals surface area contributed by atoms with Crippen LogP contribution in [-0.2, 0) is 0 Å². The van der Waals surface area contributed by atoms with E-state index < -0.39 is 0 Å². The van der Waals surface area contributed by atoms with Crippen LogP contribution in [0.1, 0.15) is 55.8 Å². The topological polar surface area (TPSA) is 50.9 Å². The van der Waals surface area contributed by atoms with E-state index in [0.717, 1.165) is 41.0 Å². The highest BCUT2D eigenvalue weighted by atomic mass is 32.1. The molecule has 0 atom stereocenters. The lowest BCUT2D eigenvalue weighted by atomic mass is 9.81. The van der Waals surface area contributed by atoms with Crippen LogP contribution in [0, 0.1) is 25.7 Å². The van der Waals surface area contributed by atoms with Gasteiger partial charge in [0.15, 0.2) is 0 Å². The highest BCUT2D eigenvalue weighted by Gasteiger charge is 2.20. The molecule has 0 amide bonds. The van der Waals surface area contributed by atoms with Gasteiger partial charge in [-0.05, 0) is 50.2 Å². The Balaban J connectivity index is 2.02. The molecular formula is C17H27N3S. The largest absolute Gasteiger partial charge is 0.389 e. The minimum Gasteiger partial charge on any atom is -0.389 e. The van der Waals surface area contributed by atoms with Crippen LogP contribution in [0.4, 0.5) is 5.82 Å². The first-order chi connectivity index (χ1) is 10.0. The molecule has 0 saturated heterocycles. The van der Waals surface area contributed by atoms with Gasteiger partial charge >= 0.3 is 0 Å². The van der Waals surface area contributed by atoms with Gasteiger partial charge in [0.1, 0.15) is 10.8 Å². The van der Waals surface area contributed by atoms with Gasteiger partial charge in [-0.25, -0.2) is 4.98 Å². The molecule has 1 fully saturated rings. The Kier molecular flexibility index (Phi) is 5.57. The summed E-state index contributed by atoms with van der Waals surface area (Å²) in [6.45, 7) is 7.33. The third-order valence-electron chi connectivity index (χ3n) is 4.69. The van der Waals surface area contributed by atoms with Crippen LogP contribution < -0.4 is 11.1 Å². The van der Waals surface area contributed by atoms with Crippen LogP contribution >= 0.6 is 12.2 Å². The van der Waals surface area contributed by atoms with Crippen molar-refractivity contribution in [2.24, 2.45) is 17.6 Å². The van der Waals surface area contributed by atoms with E-state index in [1.54, 1.807) is 0 Å². The summed E-state index contributed by atoms with van der Waals surface area (Å²) in [5.41, 5.74) is 8.87. The molecule has 0 spiro atoms. The van der Waals surface area contributed by atoms with Crippen molar-refractivity contribution in [2.45, 2.75) is 52.9 Å². The average Bonchev–Trinajstić information content (AvgIpc) is 2.44. The van der Waals surface area contributed by atoms with Gasteiger partial charge in [-0.1, -0.05) is 38.4 Å². The Morgan fingerprint density at radius 1 is 1.29 bits per heavy atom. The molecule has 0 unspecified atom stereocenters. The molecule has 3 nitrogen and oxygen atoms in total. The van der Waals surface area contributed by atoms with Gasteiger partial charge in [-0.3, -0.25) is 0 Å². The zero-order valence-electron chi connectivity index (χ0n) is 13.4. The molecule has 0 radical (unpaired) electrons. The van der Waals surface area contributed by atoms with E-state index in [9.17, 15) is 0 Å². The van der Waals surface area contributed by atoms with Gasteiger partial charge in [-0.15, -0.1) is 0 Å². The first-order valence-electron chi connectivity index (χ1n) is 8.03. The number of hydrogen-bond acceptors (Lipinski definition) is 3. The highest BCUT2D eigenvalue weighted by Crippen LogP contribution is 2.31. The summed E-state index contributed by atoms with van der Waals surface area (Å²) >= 11 is 5.18. The maximum absolute atomic E-state index is 5.86. The number of hydrogen-bond donors (Lipinski definition) is 2. The Bertz CT molecular complexity index is 505. The van der Waals surface area contributed by atoms with Crippen LogP contribution in [0.3, 0.4) is 0 Å². The van der Waals surface area contributed by atoms with E-state index in [2.05, 4.69) is 17.2 Å². The van der Waals surface area contributed by atoms with Crippen molar-refractivity contribution in [2.75, 3.05) is 11.9 Å². The summed E-state index contributed by atoms with van der Waals surface area (Å²) in [6, 6.07) is 2.03. The van der Waals surface area contributed by atoms with Crippen LogP contribution in [0.2, 0.25) is 0 Å². The second kappa shape index (κ2) is 7.21. The van der Waals surface area contributed by atoms with Crippen molar-refractivity contribution in [3.05, 3.63) is 22.9 Å². The number of anilines is 1. The summed E-state index contributed by atoms with van der Waals surface area (Å²) in [5, 5.41) is 3.50. The van der Waals surface area contributed by atoms with Gasteiger partial charge in [0.25, 0.3) is 0 Å². The number of nitrogens with two attached hydrogens (primary N) is 1. The van der Waals surface area contributed by atoms with E-state index in [0.29, 0.717) is 4.99 Å². The van der Waals surface area contributed by atoms with Crippen molar-refractivity contribution in [1.82, 2.24) is 4.98 Å². The van der Waals surface area contributed by atoms with Gasteiger partial charge in [0, 0.05) is 12.2 Å². The quantitative estimate of drug-likeness (QED) is 0.808. The second-order valence-electron chi connectivity index (χ2n) is 6.34. The van der Waals surface area contributed by atoms with Crippen molar-refractivity contribution < 1.29 is 0 Å². The number of aryl methyl sites for hydroxylation is 2. The standard InChI is InChI=1S/C17H27N3S/c1-4-13-5-7-14(8-6-13)10-19-17-15(16(18)21)11(2)9-12(3)20-17/h9,13-14H,4-8,10H2,1-3H3,(H2,18,21)(H,19,20). The van der Waals surface area contributed by atoms with Crippen LogP contribution in [0.25, 0.3) is 0 Å². The number of aromatic nitrogens is 1. The molecule has 1 aliphatic rings. The van der Waals surface area contributed by atoms with E-state index >= 15 is 0 Å². The fourth-order valence-electron chi connectivity index (χ4n) is 3.36. The molecule has 1 heterocycles. The van der Waals surface area contributed by atoms with Crippen LogP contribution in [0.15, 0.2) is 6.07 Å². The summed E-state index contributed by atoms with van der Waals surface area (Å²) in [4.78, 5) is 5.02. The Morgan fingerprint density at radius 2 is 1.90 bits per heavy atom. The SMILES string of the molecule is CCC1CCC(CNc2nc(C)cc(C)c2C(N)=S)CC1. The minimum atomic E-state index is 0.428. The molecule has 0 bridgehead atoms. The molecule has 0 aromatic carbocycles. The summed E-state index contributed by atoms with van der Waals surface area (Å²) in [6.07, 6.45) is 6.69. The fourth-order valence-corrected chi connectivity index (χ4v) is 3.62. The van der Waals surface area contributed by atoms with Crippen LogP contribution in [-0.4, -0.2) is 16.5 Å². The van der Waals surface area contributed by atoms with E-state index in [1.165, 1.54) is 32.1 Å². The molecular weight excluding hydrogens is 278 g/mol. The minimum absolute atomic E-state index is 0.428. The van der Waals surface area contributed by atoms with E-state index in [-0.39, 0.29) is 0 Å². The lowest BCUT2D eigenvalue weighted by Crippen LogP contribution is -2.23. The van der Waals surface area contributed by atoms with Crippen molar-refractivity contribution in [3.63, 3.8) is 0 Å². The number of nitrogens with zero attached hydrogens (tertiary/aromatic N) is 1. The van der Waals surface area contributed by atoms with E-state index in [1.807, 2.05) is 19.9 Å². The molecule has 3 N–H and O–H groups in total. The predicted molar refractivity (Wildman–Crippen MR) is 93.8 cm³/mol. The van der Waals surface area contributed by atoms with Crippen molar-refractivity contribution in [3.8, 4) is 0 Å². The molecule has 0 aliphatic heterocycles. The van der Waals surface area contributed by atoms with Gasteiger partial charge in [-0.2, -0.15) is 0 Å². The molecule has 1 aromatic rings. The molecule has 2 rings (SSSR count). The summed E-state index contributed by atoms with van der Waals surface area (Å²) in [7, 11) is 0. The molecule has 116 valence electrons. The number of rotatable bonds is 5. The highest BCUT2D eigenvalue weighted by molar-refractivity contribution is 7.80. The fraction of sp³-hybridized carbons (Fsp3) is 0.647. The van der Waals surface area contributed by atoms with Crippen LogP contribution in [0.5, 0.6) is 0 Å².